The summed E-state index contributed by atoms with van der Waals surface area (Å²) in [7, 11) is 3.96. The zero-order valence-corrected chi connectivity index (χ0v) is 13.4. The Morgan fingerprint density at radius 3 is 2.45 bits per heavy atom. The normalized spacial score (nSPS) is 12.2. The molecule has 0 saturated carbocycles. The molecule has 0 spiro atoms. The highest BCUT2D eigenvalue weighted by atomic mass is 35.5. The van der Waals surface area contributed by atoms with Crippen LogP contribution >= 0.6 is 12.4 Å². The maximum atomic E-state index is 9.89. The number of ether oxygens (including phenoxy) is 1. The van der Waals surface area contributed by atoms with Crippen LogP contribution in [0, 0.1) is 0 Å². The Balaban J connectivity index is 0.00000361. The Hall–Kier alpha value is -0.650. The van der Waals surface area contributed by atoms with Crippen molar-refractivity contribution in [3.8, 4) is 0 Å². The molecule has 0 aliphatic carbocycles. The van der Waals surface area contributed by atoms with Gasteiger partial charge in [-0.1, -0.05) is 31.2 Å². The Labute approximate surface area is 128 Å². The zero-order chi connectivity index (χ0) is 14.1. The lowest BCUT2D eigenvalue weighted by Gasteiger charge is -2.15. The predicted molar refractivity (Wildman–Crippen MR) is 85.4 cm³/mol. The molecule has 0 aromatic heterocycles. The summed E-state index contributed by atoms with van der Waals surface area (Å²) in [5.41, 5.74) is 2.08. The first kappa shape index (κ1) is 19.4. The van der Waals surface area contributed by atoms with Gasteiger partial charge in [0.1, 0.15) is 0 Å². The highest BCUT2D eigenvalue weighted by Gasteiger charge is 2.07. The van der Waals surface area contributed by atoms with Gasteiger partial charge in [-0.3, -0.25) is 0 Å². The topological polar surface area (TPSA) is 44.7 Å². The summed E-state index contributed by atoms with van der Waals surface area (Å²) in [6.07, 6.45) is 0.175. The minimum absolute atomic E-state index is 0. The highest BCUT2D eigenvalue weighted by Crippen LogP contribution is 2.15. The lowest BCUT2D eigenvalue weighted by molar-refractivity contribution is -0.105. The van der Waals surface area contributed by atoms with E-state index in [9.17, 15) is 5.11 Å². The molecule has 1 unspecified atom stereocenters. The number of benzene rings is 1. The van der Waals surface area contributed by atoms with E-state index in [2.05, 4.69) is 12.2 Å². The van der Waals surface area contributed by atoms with Crippen molar-refractivity contribution < 1.29 is 9.84 Å². The number of rotatable bonds is 9. The third-order valence-electron chi connectivity index (χ3n) is 2.92. The standard InChI is InChI=1S/C15H26N2O2.ClH/c1-4-16-10-9-13-5-7-14(8-6-13)15(18)19-12-11-17(2)3;/h5-8,15-16,18H,4,9-12H2,1-3H3;1H. The predicted octanol–water partition coefficient (Wildman–Crippen LogP) is 1.83. The third kappa shape index (κ3) is 7.82. The van der Waals surface area contributed by atoms with Crippen molar-refractivity contribution in [2.24, 2.45) is 0 Å². The second kappa shape index (κ2) is 11.1. The SMILES string of the molecule is CCNCCc1ccc(C(O)OCCN(C)C)cc1.Cl. The quantitative estimate of drug-likeness (QED) is 0.540. The molecule has 0 amide bonds. The van der Waals surface area contributed by atoms with Crippen LogP contribution in [0.5, 0.6) is 0 Å². The van der Waals surface area contributed by atoms with Crippen LogP contribution in [-0.4, -0.2) is 50.3 Å². The lowest BCUT2D eigenvalue weighted by atomic mass is 10.1. The Morgan fingerprint density at radius 1 is 1.25 bits per heavy atom. The van der Waals surface area contributed by atoms with E-state index in [1.807, 2.05) is 43.3 Å². The minimum Gasteiger partial charge on any atom is -0.364 e. The maximum Gasteiger partial charge on any atom is 0.181 e. The van der Waals surface area contributed by atoms with Crippen LogP contribution in [-0.2, 0) is 11.2 Å². The minimum atomic E-state index is -0.831. The molecule has 116 valence electrons. The van der Waals surface area contributed by atoms with Crippen molar-refractivity contribution >= 4 is 12.4 Å². The molecule has 0 saturated heterocycles. The van der Waals surface area contributed by atoms with Gasteiger partial charge in [0.2, 0.25) is 0 Å². The van der Waals surface area contributed by atoms with Gasteiger partial charge in [0.15, 0.2) is 6.29 Å². The fraction of sp³-hybridized carbons (Fsp3) is 0.600. The number of nitrogens with one attached hydrogen (secondary N) is 1. The summed E-state index contributed by atoms with van der Waals surface area (Å²) in [4.78, 5) is 2.02. The van der Waals surface area contributed by atoms with Gasteiger partial charge >= 0.3 is 0 Å². The molecule has 1 atom stereocenters. The average molecular weight is 303 g/mol. The molecule has 0 radical (unpaired) electrons. The number of hydrogen-bond donors (Lipinski definition) is 2. The van der Waals surface area contributed by atoms with Gasteiger partial charge in [-0.15, -0.1) is 12.4 Å². The molecule has 5 heteroatoms. The molecule has 1 rings (SSSR count). The first-order valence-electron chi connectivity index (χ1n) is 6.87. The van der Waals surface area contributed by atoms with E-state index < -0.39 is 6.29 Å². The van der Waals surface area contributed by atoms with Crippen LogP contribution in [0.4, 0.5) is 0 Å². The van der Waals surface area contributed by atoms with E-state index in [1.165, 1.54) is 5.56 Å². The third-order valence-corrected chi connectivity index (χ3v) is 2.92. The van der Waals surface area contributed by atoms with Gasteiger partial charge in [-0.05, 0) is 39.2 Å². The summed E-state index contributed by atoms with van der Waals surface area (Å²) in [6, 6.07) is 7.96. The summed E-state index contributed by atoms with van der Waals surface area (Å²) in [5.74, 6) is 0. The van der Waals surface area contributed by atoms with Gasteiger partial charge < -0.3 is 20.1 Å². The van der Waals surface area contributed by atoms with Crippen molar-refractivity contribution in [3.05, 3.63) is 35.4 Å². The molecule has 2 N–H and O–H groups in total. The molecule has 20 heavy (non-hydrogen) atoms. The van der Waals surface area contributed by atoms with Crippen LogP contribution in [0.2, 0.25) is 0 Å². The molecule has 0 aliphatic rings. The zero-order valence-electron chi connectivity index (χ0n) is 12.6. The fourth-order valence-corrected chi connectivity index (χ4v) is 1.70. The van der Waals surface area contributed by atoms with Crippen molar-refractivity contribution in [1.82, 2.24) is 10.2 Å². The van der Waals surface area contributed by atoms with Gasteiger partial charge in [0, 0.05) is 12.1 Å². The van der Waals surface area contributed by atoms with E-state index >= 15 is 0 Å². The number of aliphatic hydroxyl groups is 1. The maximum absolute atomic E-state index is 9.89. The second-order valence-corrected chi connectivity index (χ2v) is 4.87. The highest BCUT2D eigenvalue weighted by molar-refractivity contribution is 5.85. The fourth-order valence-electron chi connectivity index (χ4n) is 1.70. The van der Waals surface area contributed by atoms with Crippen molar-refractivity contribution in [3.63, 3.8) is 0 Å². The molecule has 4 nitrogen and oxygen atoms in total. The van der Waals surface area contributed by atoms with E-state index in [-0.39, 0.29) is 12.4 Å². The van der Waals surface area contributed by atoms with E-state index in [0.29, 0.717) is 6.61 Å². The van der Waals surface area contributed by atoms with Crippen LogP contribution in [0.3, 0.4) is 0 Å². The van der Waals surface area contributed by atoms with Crippen molar-refractivity contribution in [2.45, 2.75) is 19.6 Å². The smallest absolute Gasteiger partial charge is 0.181 e. The summed E-state index contributed by atoms with van der Waals surface area (Å²) in [5, 5.41) is 13.2. The molecule has 1 aromatic rings. The van der Waals surface area contributed by atoms with Gasteiger partial charge in [0.25, 0.3) is 0 Å². The largest absolute Gasteiger partial charge is 0.364 e. The number of likely N-dealkylation sites (N-methyl/N-ethyl adjacent to an activating group) is 2. The van der Waals surface area contributed by atoms with Crippen molar-refractivity contribution in [2.75, 3.05) is 40.3 Å². The molecule has 1 aromatic carbocycles. The summed E-state index contributed by atoms with van der Waals surface area (Å²) in [6.45, 7) is 5.41. The monoisotopic (exact) mass is 302 g/mol. The average Bonchev–Trinajstić information content (AvgIpc) is 2.39. The van der Waals surface area contributed by atoms with Crippen LogP contribution in [0.15, 0.2) is 24.3 Å². The van der Waals surface area contributed by atoms with Crippen LogP contribution < -0.4 is 5.32 Å². The Morgan fingerprint density at radius 2 is 1.90 bits per heavy atom. The first-order chi connectivity index (χ1) is 9.13. The second-order valence-electron chi connectivity index (χ2n) is 4.87. The van der Waals surface area contributed by atoms with E-state index in [0.717, 1.165) is 31.6 Å². The summed E-state index contributed by atoms with van der Waals surface area (Å²) < 4.78 is 5.38. The Bertz CT molecular complexity index is 344. The molecule has 0 aliphatic heterocycles. The molecule has 0 heterocycles. The van der Waals surface area contributed by atoms with Gasteiger partial charge in [-0.2, -0.15) is 0 Å². The molecular weight excluding hydrogens is 276 g/mol. The Kier molecular flexibility index (Phi) is 10.7. The molecule has 0 fully saturated rings. The number of halogens is 1. The van der Waals surface area contributed by atoms with Gasteiger partial charge in [-0.25, -0.2) is 0 Å². The first-order valence-corrected chi connectivity index (χ1v) is 6.87. The number of nitrogens with zero attached hydrogens (tertiary/aromatic N) is 1. The lowest BCUT2D eigenvalue weighted by Crippen LogP contribution is -2.19. The number of hydrogen-bond acceptors (Lipinski definition) is 4. The van der Waals surface area contributed by atoms with Gasteiger partial charge in [0.05, 0.1) is 6.61 Å². The summed E-state index contributed by atoms with van der Waals surface area (Å²) >= 11 is 0. The van der Waals surface area contributed by atoms with Crippen molar-refractivity contribution in [1.29, 1.82) is 0 Å². The molecule has 0 bridgehead atoms. The molecular formula is C15H27ClN2O2. The number of aliphatic hydroxyl groups excluding tert-OH is 1. The van der Waals surface area contributed by atoms with Crippen LogP contribution in [0.25, 0.3) is 0 Å². The van der Waals surface area contributed by atoms with E-state index in [4.69, 9.17) is 4.74 Å². The van der Waals surface area contributed by atoms with Crippen LogP contribution in [0.1, 0.15) is 24.3 Å². The van der Waals surface area contributed by atoms with E-state index in [1.54, 1.807) is 0 Å².